The number of nitrogens with zero attached hydrogens (tertiary/aromatic N) is 5. The fraction of sp³-hybridized carbons (Fsp3) is 0.500. The van der Waals surface area contributed by atoms with Gasteiger partial charge in [0.2, 0.25) is 15.9 Å². The van der Waals surface area contributed by atoms with Crippen LogP contribution in [-0.2, 0) is 21.4 Å². The first-order valence-electron chi connectivity index (χ1n) is 10.8. The molecule has 0 spiro atoms. The van der Waals surface area contributed by atoms with Crippen LogP contribution >= 0.6 is 0 Å². The molecule has 3 heterocycles. The zero-order chi connectivity index (χ0) is 22.9. The number of hydrogen-bond donors (Lipinski definition) is 0. The van der Waals surface area contributed by atoms with Gasteiger partial charge in [-0.2, -0.15) is 4.31 Å². The lowest BCUT2D eigenvalue weighted by Crippen LogP contribution is -2.48. The predicted octanol–water partition coefficient (Wildman–Crippen LogP) is 2.34. The van der Waals surface area contributed by atoms with Crippen LogP contribution in [0.3, 0.4) is 0 Å². The van der Waals surface area contributed by atoms with Crippen LogP contribution in [0.1, 0.15) is 43.3 Å². The van der Waals surface area contributed by atoms with E-state index in [-0.39, 0.29) is 24.3 Å². The Kier molecular flexibility index (Phi) is 6.43. The van der Waals surface area contributed by atoms with E-state index < -0.39 is 21.1 Å². The zero-order valence-corrected chi connectivity index (χ0v) is 19.1. The molecular weight excluding hydrogens is 433 g/mol. The van der Waals surface area contributed by atoms with Crippen LogP contribution in [-0.4, -0.2) is 65.7 Å². The second-order valence-corrected chi connectivity index (χ2v) is 10.4. The van der Waals surface area contributed by atoms with E-state index in [1.54, 1.807) is 24.0 Å². The van der Waals surface area contributed by atoms with Crippen LogP contribution in [0, 0.1) is 5.82 Å². The Bertz CT molecular complexity index is 1070. The molecule has 32 heavy (non-hydrogen) atoms. The van der Waals surface area contributed by atoms with Gasteiger partial charge in [0, 0.05) is 69.3 Å². The molecule has 0 radical (unpaired) electrons. The van der Waals surface area contributed by atoms with Gasteiger partial charge in [-0.25, -0.2) is 22.8 Å². The summed E-state index contributed by atoms with van der Waals surface area (Å²) < 4.78 is 43.0. The van der Waals surface area contributed by atoms with Crippen molar-refractivity contribution in [1.29, 1.82) is 0 Å². The smallest absolute Gasteiger partial charge is 0.224 e. The van der Waals surface area contributed by atoms with E-state index in [4.69, 9.17) is 0 Å². The number of carbonyl (C=O) groups excluding carboxylic acids is 1. The first-order chi connectivity index (χ1) is 15.3. The van der Waals surface area contributed by atoms with Crippen molar-refractivity contribution in [2.45, 2.75) is 44.5 Å². The summed E-state index contributed by atoms with van der Waals surface area (Å²) in [6.45, 7) is 5.84. The third-order valence-electron chi connectivity index (χ3n) is 6.35. The fourth-order valence-electron chi connectivity index (χ4n) is 4.39. The number of sulfonamides is 1. The Morgan fingerprint density at radius 2 is 1.81 bits per heavy atom. The topological polar surface area (TPSA) is 86.7 Å². The lowest BCUT2D eigenvalue weighted by atomic mass is 10.1. The van der Waals surface area contributed by atoms with E-state index in [1.807, 2.05) is 17.9 Å². The first-order valence-corrected chi connectivity index (χ1v) is 12.3. The molecular formula is C22H28FN5O3S. The highest BCUT2D eigenvalue weighted by atomic mass is 32.2. The van der Waals surface area contributed by atoms with Crippen LogP contribution in [0.4, 0.5) is 10.1 Å². The molecule has 0 bridgehead atoms. The Morgan fingerprint density at radius 1 is 1.12 bits per heavy atom. The monoisotopic (exact) mass is 461 g/mol. The standard InChI is InChI=1S/C22H28FN5O3S/c1-16-4-7-21(22-24-8-3-9-25-22)32(30,31)28(16)15-18-5-6-19(14-20(18)23)27-12-10-26(11-13-27)17(2)29/h3,5-6,8-9,14,16,21H,4,7,10-13,15H2,1-2H3/t16-,21?/m0/s1. The number of halogens is 1. The average molecular weight is 462 g/mol. The van der Waals surface area contributed by atoms with Crippen molar-refractivity contribution >= 4 is 21.6 Å². The van der Waals surface area contributed by atoms with E-state index in [2.05, 4.69) is 9.97 Å². The maximum atomic E-state index is 15.0. The van der Waals surface area contributed by atoms with Crippen molar-refractivity contribution in [1.82, 2.24) is 19.2 Å². The summed E-state index contributed by atoms with van der Waals surface area (Å²) in [5, 5.41) is -0.820. The van der Waals surface area contributed by atoms with E-state index in [1.165, 1.54) is 22.8 Å². The summed E-state index contributed by atoms with van der Waals surface area (Å²) in [5.41, 5.74) is 1.07. The molecule has 8 nitrogen and oxygen atoms in total. The molecule has 2 aliphatic heterocycles. The first kappa shape index (κ1) is 22.6. The normalized spacial score (nSPS) is 23.8. The number of hydrogen-bond acceptors (Lipinski definition) is 6. The van der Waals surface area contributed by atoms with Gasteiger partial charge in [0.1, 0.15) is 16.9 Å². The van der Waals surface area contributed by atoms with Gasteiger partial charge in [-0.05, 0) is 38.0 Å². The van der Waals surface area contributed by atoms with E-state index >= 15 is 4.39 Å². The highest BCUT2D eigenvalue weighted by Crippen LogP contribution is 2.37. The van der Waals surface area contributed by atoms with E-state index in [0.717, 1.165) is 5.69 Å². The lowest BCUT2D eigenvalue weighted by Gasteiger charge is -2.37. The molecule has 0 saturated carbocycles. The quantitative estimate of drug-likeness (QED) is 0.695. The molecule has 0 aliphatic carbocycles. The van der Waals surface area contributed by atoms with Crippen LogP contribution in [0.5, 0.6) is 0 Å². The number of carbonyl (C=O) groups is 1. The van der Waals surface area contributed by atoms with Crippen molar-refractivity contribution < 1.29 is 17.6 Å². The Morgan fingerprint density at radius 3 is 2.44 bits per heavy atom. The maximum Gasteiger partial charge on any atom is 0.224 e. The average Bonchev–Trinajstić information content (AvgIpc) is 2.78. The van der Waals surface area contributed by atoms with Crippen molar-refractivity contribution in [3.05, 3.63) is 53.9 Å². The second kappa shape index (κ2) is 9.11. The summed E-state index contributed by atoms with van der Waals surface area (Å²) in [7, 11) is -3.73. The van der Waals surface area contributed by atoms with Gasteiger partial charge in [0.25, 0.3) is 0 Å². The molecule has 1 unspecified atom stereocenters. The third-order valence-corrected chi connectivity index (χ3v) is 8.66. The molecule has 4 rings (SSSR count). The van der Waals surface area contributed by atoms with Gasteiger partial charge in [0.05, 0.1) is 0 Å². The Labute approximate surface area is 188 Å². The number of piperazine rings is 1. The minimum atomic E-state index is -3.73. The largest absolute Gasteiger partial charge is 0.368 e. The number of anilines is 1. The van der Waals surface area contributed by atoms with Crippen molar-refractivity contribution in [3.63, 3.8) is 0 Å². The van der Waals surface area contributed by atoms with Gasteiger partial charge in [-0.3, -0.25) is 4.79 Å². The van der Waals surface area contributed by atoms with Crippen molar-refractivity contribution in [2.75, 3.05) is 31.1 Å². The second-order valence-electron chi connectivity index (χ2n) is 8.38. The van der Waals surface area contributed by atoms with E-state index in [0.29, 0.717) is 44.6 Å². The Hall–Kier alpha value is -2.59. The maximum absolute atomic E-state index is 15.0. The van der Waals surface area contributed by atoms with Gasteiger partial charge in [0.15, 0.2) is 0 Å². The van der Waals surface area contributed by atoms with Crippen LogP contribution in [0.15, 0.2) is 36.7 Å². The zero-order valence-electron chi connectivity index (χ0n) is 18.3. The number of rotatable bonds is 4. The highest BCUT2D eigenvalue weighted by Gasteiger charge is 2.42. The van der Waals surface area contributed by atoms with Gasteiger partial charge < -0.3 is 9.80 Å². The molecule has 2 aromatic rings. The van der Waals surface area contributed by atoms with Crippen LogP contribution in [0.2, 0.25) is 0 Å². The summed E-state index contributed by atoms with van der Waals surface area (Å²) >= 11 is 0. The van der Waals surface area contributed by atoms with E-state index in [9.17, 15) is 13.2 Å². The van der Waals surface area contributed by atoms with Gasteiger partial charge in [-0.1, -0.05) is 6.07 Å². The highest BCUT2D eigenvalue weighted by molar-refractivity contribution is 7.89. The molecule has 1 aromatic heterocycles. The molecule has 172 valence electrons. The Balaban J connectivity index is 1.51. The SMILES string of the molecule is CC(=O)N1CCN(c2ccc(CN3[C@@H](C)CCC(c4ncccn4)S3(=O)=O)c(F)c2)CC1. The van der Waals surface area contributed by atoms with Crippen molar-refractivity contribution in [3.8, 4) is 0 Å². The van der Waals surface area contributed by atoms with Crippen LogP contribution < -0.4 is 4.90 Å². The molecule has 0 N–H and O–H groups in total. The molecule has 2 atom stereocenters. The predicted molar refractivity (Wildman–Crippen MR) is 119 cm³/mol. The summed E-state index contributed by atoms with van der Waals surface area (Å²) in [6.07, 6.45) is 4.17. The third kappa shape index (κ3) is 4.47. The molecule has 2 saturated heterocycles. The summed E-state index contributed by atoms with van der Waals surface area (Å²) in [5.74, 6) is -0.107. The fourth-order valence-corrected chi connectivity index (χ4v) is 6.47. The van der Waals surface area contributed by atoms with Gasteiger partial charge in [-0.15, -0.1) is 0 Å². The summed E-state index contributed by atoms with van der Waals surface area (Å²) in [4.78, 5) is 23.6. The lowest BCUT2D eigenvalue weighted by molar-refractivity contribution is -0.129. The van der Waals surface area contributed by atoms with Gasteiger partial charge >= 0.3 is 0 Å². The molecule has 2 fully saturated rings. The van der Waals surface area contributed by atoms with Crippen LogP contribution in [0.25, 0.3) is 0 Å². The molecule has 1 amide bonds. The minimum Gasteiger partial charge on any atom is -0.368 e. The number of amides is 1. The molecule has 10 heteroatoms. The molecule has 1 aromatic carbocycles. The number of benzene rings is 1. The minimum absolute atomic E-state index is 0.0307. The van der Waals surface area contributed by atoms with Crippen molar-refractivity contribution in [2.24, 2.45) is 0 Å². The number of aromatic nitrogens is 2. The molecule has 2 aliphatic rings. The summed E-state index contributed by atoms with van der Waals surface area (Å²) in [6, 6.07) is 6.35.